The Morgan fingerprint density at radius 1 is 0.745 bits per heavy atom. The van der Waals surface area contributed by atoms with Crippen LogP contribution in [0.15, 0.2) is 87.3 Å². The fraction of sp³-hybridized carbons (Fsp3) is 0.386. The number of fused-ring (bicyclic) bond motifs is 5. The van der Waals surface area contributed by atoms with Gasteiger partial charge >= 0.3 is 282 Å². The smallest absolute Gasteiger partial charge is 1.00 e. The molecule has 3 heteroatoms. The normalized spacial score (nSPS) is 20.0. The van der Waals surface area contributed by atoms with E-state index in [1.54, 1.807) is 25.5 Å². The summed E-state index contributed by atoms with van der Waals surface area (Å²) in [6, 6.07) is 22.1. The molecule has 0 aliphatic heterocycles. The summed E-state index contributed by atoms with van der Waals surface area (Å²) in [6.07, 6.45) is 8.75. The molecule has 244 valence electrons. The van der Waals surface area contributed by atoms with Gasteiger partial charge in [-0.3, -0.25) is 0 Å². The van der Waals surface area contributed by atoms with Gasteiger partial charge in [0.25, 0.3) is 0 Å². The predicted octanol–water partition coefficient (Wildman–Crippen LogP) is 5.91. The molecule has 4 aliphatic rings. The minimum absolute atomic E-state index is 0. The monoisotopic (exact) mass is 738 g/mol. The van der Waals surface area contributed by atoms with Crippen molar-refractivity contribution < 1.29 is 46.1 Å². The van der Waals surface area contributed by atoms with Gasteiger partial charge in [0.05, 0.1) is 0 Å². The van der Waals surface area contributed by atoms with Crippen LogP contribution in [0.1, 0.15) is 125 Å². The Morgan fingerprint density at radius 3 is 1.66 bits per heavy atom. The van der Waals surface area contributed by atoms with Crippen LogP contribution in [0.4, 0.5) is 0 Å². The van der Waals surface area contributed by atoms with E-state index >= 15 is 0 Å². The zero-order chi connectivity index (χ0) is 32.2. The van der Waals surface area contributed by atoms with E-state index in [9.17, 15) is 0 Å². The standard InChI is InChI=1S/C25H25.C10H15.C9H10.2ClH.Zr/c1-14-12-24(3,4)22-8-16-7-17-9-23-19(15(2)13-25(23,5)6)11-21(17)20(16)10-18(14)22;1-7(2)10-6-8(3)5-9(10)4;1-2-6-9-7-4-3-5-8-9;;;/h7-13H,1-6H3;6-8H,1-4H3;3-5,7-8H,2H2,1H3;2*1H;/q;;;;;+2/p-2. The van der Waals surface area contributed by atoms with Crippen LogP contribution in [0.3, 0.4) is 0 Å². The van der Waals surface area contributed by atoms with E-state index in [1.165, 1.54) is 50.1 Å². The Hall–Kier alpha value is -2.05. The molecule has 4 aliphatic carbocycles. The Balaban J connectivity index is 0.00000217. The maximum Gasteiger partial charge on any atom is -1.00 e. The zero-order valence-corrected chi connectivity index (χ0v) is 34.1. The van der Waals surface area contributed by atoms with Crippen molar-refractivity contribution in [1.29, 1.82) is 0 Å². The van der Waals surface area contributed by atoms with Gasteiger partial charge in [-0.15, -0.1) is 0 Å². The Bertz CT molecular complexity index is 1860. The third kappa shape index (κ3) is 5.56. The minimum Gasteiger partial charge on any atom is -1.00 e. The number of halogens is 2. The first-order valence-electron chi connectivity index (χ1n) is 17.2. The Morgan fingerprint density at radius 2 is 1.23 bits per heavy atom. The van der Waals surface area contributed by atoms with E-state index in [-0.39, 0.29) is 35.6 Å². The minimum atomic E-state index is -2.68. The molecule has 0 saturated heterocycles. The third-order valence-electron chi connectivity index (χ3n) is 11.4. The van der Waals surface area contributed by atoms with Crippen molar-refractivity contribution in [3.05, 3.63) is 126 Å². The van der Waals surface area contributed by atoms with Crippen molar-refractivity contribution in [2.24, 2.45) is 11.8 Å². The number of rotatable bonds is 5. The zero-order valence-electron chi connectivity index (χ0n) is 30.1. The van der Waals surface area contributed by atoms with Crippen LogP contribution in [0, 0.1) is 11.8 Å². The molecule has 0 saturated carbocycles. The largest absolute Gasteiger partial charge is 1.00 e. The maximum absolute atomic E-state index is 2.69. The number of benzene rings is 3. The molecule has 0 spiro atoms. The predicted molar refractivity (Wildman–Crippen MR) is 193 cm³/mol. The summed E-state index contributed by atoms with van der Waals surface area (Å²) < 4.78 is 4.06. The Kier molecular flexibility index (Phi) is 9.78. The van der Waals surface area contributed by atoms with Gasteiger partial charge in [-0.05, 0) is 0 Å². The molecule has 7 rings (SSSR count). The summed E-state index contributed by atoms with van der Waals surface area (Å²) in [5.41, 5.74) is 19.8. The van der Waals surface area contributed by atoms with Crippen LogP contribution < -0.4 is 24.8 Å². The molecule has 1 unspecified atom stereocenters. The average Bonchev–Trinajstić information content (AvgIpc) is 3.61. The SMILES string of the molecule is CC/[C](c1ccccc1)=[Zr+2](/[C]1=C(C)C(C(C)C)=CC1C)[CH]1c2cc3c(cc2-c2cc4c(cc21)C(C)(C)C=C4C)C(C)=CC3(C)C.[Cl-].[Cl-]. The van der Waals surface area contributed by atoms with E-state index in [0.717, 1.165) is 6.42 Å². The maximum atomic E-state index is 2.69. The van der Waals surface area contributed by atoms with E-state index in [1.807, 2.05) is 3.28 Å². The molecule has 0 amide bonds. The van der Waals surface area contributed by atoms with E-state index in [4.69, 9.17) is 0 Å². The summed E-state index contributed by atoms with van der Waals surface area (Å²) in [7, 11) is 0. The van der Waals surface area contributed by atoms with Gasteiger partial charge in [0, 0.05) is 0 Å². The first-order valence-corrected chi connectivity index (χ1v) is 21.1. The topological polar surface area (TPSA) is 0 Å². The van der Waals surface area contributed by atoms with Crippen molar-refractivity contribution in [1.82, 2.24) is 0 Å². The molecule has 3 aromatic carbocycles. The van der Waals surface area contributed by atoms with Crippen molar-refractivity contribution in [3.63, 3.8) is 0 Å². The number of allylic oxidation sites excluding steroid dienone is 8. The second-order valence-corrected chi connectivity index (χ2v) is 22.0. The van der Waals surface area contributed by atoms with Gasteiger partial charge < -0.3 is 24.8 Å². The summed E-state index contributed by atoms with van der Waals surface area (Å²) in [5, 5.41) is 0. The second-order valence-electron chi connectivity index (χ2n) is 15.7. The van der Waals surface area contributed by atoms with Crippen LogP contribution in [0.5, 0.6) is 0 Å². The number of hydrogen-bond donors (Lipinski definition) is 0. The molecule has 0 heterocycles. The Labute approximate surface area is 304 Å². The van der Waals surface area contributed by atoms with E-state index < -0.39 is 21.3 Å². The molecular weight excluding hydrogens is 691 g/mol. The molecule has 47 heavy (non-hydrogen) atoms. The van der Waals surface area contributed by atoms with Crippen molar-refractivity contribution in [2.75, 3.05) is 0 Å². The first kappa shape index (κ1) is 36.2. The summed E-state index contributed by atoms with van der Waals surface area (Å²) in [4.78, 5) is 0. The molecule has 0 aromatic heterocycles. The van der Waals surface area contributed by atoms with Crippen molar-refractivity contribution >= 4 is 14.4 Å². The molecule has 0 nitrogen and oxygen atoms in total. The molecular formula is C44H50Cl2Zr. The van der Waals surface area contributed by atoms with E-state index in [0.29, 0.717) is 15.5 Å². The second kappa shape index (κ2) is 12.7. The molecule has 0 fully saturated rings. The molecule has 0 bridgehead atoms. The van der Waals surface area contributed by atoms with Gasteiger partial charge in [-0.1, -0.05) is 0 Å². The molecule has 0 N–H and O–H groups in total. The van der Waals surface area contributed by atoms with Gasteiger partial charge in [0.1, 0.15) is 0 Å². The summed E-state index contributed by atoms with van der Waals surface area (Å²) in [5.74, 6) is 1.05. The van der Waals surface area contributed by atoms with Gasteiger partial charge in [-0.25, -0.2) is 0 Å². The molecule has 3 aromatic rings. The molecule has 1 atom stereocenters. The van der Waals surface area contributed by atoms with Crippen LogP contribution >= 0.6 is 0 Å². The van der Waals surface area contributed by atoms with Gasteiger partial charge in [-0.2, -0.15) is 0 Å². The van der Waals surface area contributed by atoms with Crippen molar-refractivity contribution in [3.8, 4) is 11.1 Å². The third-order valence-corrected chi connectivity index (χ3v) is 21.0. The summed E-state index contributed by atoms with van der Waals surface area (Å²) >= 11 is -2.68. The van der Waals surface area contributed by atoms with Gasteiger partial charge in [0.2, 0.25) is 0 Å². The molecule has 0 radical (unpaired) electrons. The van der Waals surface area contributed by atoms with Crippen LogP contribution in [0.2, 0.25) is 0 Å². The van der Waals surface area contributed by atoms with Crippen LogP contribution in [-0.4, -0.2) is 3.21 Å². The first-order chi connectivity index (χ1) is 21.2. The summed E-state index contributed by atoms with van der Waals surface area (Å²) in [6.45, 7) is 26.5. The van der Waals surface area contributed by atoms with Crippen LogP contribution in [-0.2, 0) is 32.1 Å². The van der Waals surface area contributed by atoms with Crippen LogP contribution in [0.25, 0.3) is 22.3 Å². The fourth-order valence-electron chi connectivity index (χ4n) is 9.50. The van der Waals surface area contributed by atoms with E-state index in [2.05, 4.69) is 149 Å². The average molecular weight is 741 g/mol. The van der Waals surface area contributed by atoms with Crippen molar-refractivity contribution in [2.45, 2.75) is 97.0 Å². The van der Waals surface area contributed by atoms with Gasteiger partial charge in [0.15, 0.2) is 0 Å². The number of hydrogen-bond acceptors (Lipinski definition) is 0. The fourth-order valence-corrected chi connectivity index (χ4v) is 19.5. The quantitative estimate of drug-likeness (QED) is 0.306.